The Morgan fingerprint density at radius 3 is 2.50 bits per heavy atom. The number of hydrogen-bond donors (Lipinski definition) is 2. The van der Waals surface area contributed by atoms with Crippen LogP contribution in [0.25, 0.3) is 0 Å². The molecule has 0 saturated carbocycles. The van der Waals surface area contributed by atoms with Crippen LogP contribution >= 0.6 is 0 Å². The third kappa shape index (κ3) is 5.24. The second-order valence-electron chi connectivity index (χ2n) is 6.02. The summed E-state index contributed by atoms with van der Waals surface area (Å²) < 4.78 is 32.0. The molecular weight excluding hydrogens is 360 g/mol. The van der Waals surface area contributed by atoms with Crippen molar-refractivity contribution in [1.29, 1.82) is 0 Å². The number of nitrogens with one attached hydrogen (secondary N) is 2. The molecular formula is C16H24N4O5S. The van der Waals surface area contributed by atoms with Crippen LogP contribution < -0.4 is 10.6 Å². The van der Waals surface area contributed by atoms with Gasteiger partial charge in [-0.1, -0.05) is 18.2 Å². The summed E-state index contributed by atoms with van der Waals surface area (Å²) in [5, 5.41) is 4.91. The van der Waals surface area contributed by atoms with Gasteiger partial charge in [-0.15, -0.1) is 0 Å². The first-order valence-electron chi connectivity index (χ1n) is 8.21. The van der Waals surface area contributed by atoms with Gasteiger partial charge in [-0.2, -0.15) is 4.31 Å². The van der Waals surface area contributed by atoms with Gasteiger partial charge in [-0.25, -0.2) is 8.42 Å². The van der Waals surface area contributed by atoms with Gasteiger partial charge in [0, 0.05) is 19.6 Å². The molecule has 0 aromatic heterocycles. The van der Waals surface area contributed by atoms with Gasteiger partial charge in [0.25, 0.3) is 0 Å². The summed E-state index contributed by atoms with van der Waals surface area (Å²) in [4.78, 5) is 25.6. The van der Waals surface area contributed by atoms with E-state index >= 15 is 0 Å². The number of likely N-dealkylation sites (N-methyl/N-ethyl adjacent to an activating group) is 1. The van der Waals surface area contributed by atoms with E-state index in [1.54, 1.807) is 18.2 Å². The summed E-state index contributed by atoms with van der Waals surface area (Å²) >= 11 is 0. The van der Waals surface area contributed by atoms with E-state index in [0.29, 0.717) is 13.1 Å². The van der Waals surface area contributed by atoms with E-state index in [9.17, 15) is 18.0 Å². The highest BCUT2D eigenvalue weighted by Crippen LogP contribution is 2.21. The van der Waals surface area contributed by atoms with Crippen LogP contribution in [0.5, 0.6) is 0 Å². The van der Waals surface area contributed by atoms with Gasteiger partial charge in [-0.3, -0.25) is 9.59 Å². The van der Waals surface area contributed by atoms with Crippen molar-refractivity contribution < 1.29 is 22.7 Å². The molecule has 1 atom stereocenters. The average molecular weight is 384 g/mol. The maximum Gasteiger partial charge on any atom is 0.309 e. The fourth-order valence-electron chi connectivity index (χ4n) is 2.40. The van der Waals surface area contributed by atoms with Crippen LogP contribution in [0.4, 0.5) is 0 Å². The fourth-order valence-corrected chi connectivity index (χ4v) is 3.93. The summed E-state index contributed by atoms with van der Waals surface area (Å²) in [5.74, 6) is -1.58. The first kappa shape index (κ1) is 20.3. The van der Waals surface area contributed by atoms with Gasteiger partial charge in [0.15, 0.2) is 0 Å². The second-order valence-corrected chi connectivity index (χ2v) is 7.91. The summed E-state index contributed by atoms with van der Waals surface area (Å²) in [5.41, 5.74) is 0. The van der Waals surface area contributed by atoms with Crippen LogP contribution in [0.1, 0.15) is 0 Å². The van der Waals surface area contributed by atoms with Gasteiger partial charge in [0.2, 0.25) is 10.0 Å². The Kier molecular flexibility index (Phi) is 7.09. The lowest BCUT2D eigenvalue weighted by molar-refractivity contribution is -0.139. The minimum absolute atomic E-state index is 0.105. The molecule has 0 bridgehead atoms. The maximum atomic E-state index is 12.7. The topological polar surface area (TPSA) is 108 Å². The molecule has 2 amide bonds. The number of carbonyl (C=O) groups is 2. The number of ether oxygens (including phenoxy) is 1. The summed E-state index contributed by atoms with van der Waals surface area (Å²) in [6, 6.07) is 8.01. The predicted octanol–water partition coefficient (Wildman–Crippen LogP) is -1.17. The van der Waals surface area contributed by atoms with Crippen molar-refractivity contribution in [2.24, 2.45) is 0 Å². The highest BCUT2D eigenvalue weighted by molar-refractivity contribution is 7.89. The van der Waals surface area contributed by atoms with E-state index in [4.69, 9.17) is 4.74 Å². The van der Waals surface area contributed by atoms with Crippen molar-refractivity contribution in [3.8, 4) is 0 Å². The molecule has 9 nitrogen and oxygen atoms in total. The van der Waals surface area contributed by atoms with Crippen LogP contribution in [-0.2, 0) is 24.3 Å². The highest BCUT2D eigenvalue weighted by atomic mass is 32.2. The van der Waals surface area contributed by atoms with Gasteiger partial charge in [0.1, 0.15) is 6.23 Å². The minimum atomic E-state index is -3.73. The molecule has 0 unspecified atom stereocenters. The molecule has 1 heterocycles. The monoisotopic (exact) mass is 384 g/mol. The Hall–Kier alpha value is -2.01. The maximum absolute atomic E-state index is 12.7. The van der Waals surface area contributed by atoms with Gasteiger partial charge in [-0.05, 0) is 26.2 Å². The molecule has 1 aliphatic rings. The lowest BCUT2D eigenvalue weighted by atomic mass is 10.4. The van der Waals surface area contributed by atoms with Crippen molar-refractivity contribution in [2.45, 2.75) is 11.1 Å². The number of amides is 2. The zero-order valence-electron chi connectivity index (χ0n) is 14.8. The summed E-state index contributed by atoms with van der Waals surface area (Å²) in [6.45, 7) is 1.25. The number of hydrogen-bond acceptors (Lipinski definition) is 6. The first-order chi connectivity index (χ1) is 12.3. The van der Waals surface area contributed by atoms with Crippen molar-refractivity contribution in [2.75, 3.05) is 46.9 Å². The molecule has 1 fully saturated rings. The zero-order valence-corrected chi connectivity index (χ0v) is 15.7. The van der Waals surface area contributed by atoms with Gasteiger partial charge in [0.05, 0.1) is 18.0 Å². The van der Waals surface area contributed by atoms with E-state index in [1.165, 1.54) is 16.4 Å². The summed E-state index contributed by atoms with van der Waals surface area (Å²) in [7, 11) is -0.0236. The Balaban J connectivity index is 1.91. The van der Waals surface area contributed by atoms with Crippen molar-refractivity contribution in [1.82, 2.24) is 19.8 Å². The quantitative estimate of drug-likeness (QED) is 0.574. The lowest BCUT2D eigenvalue weighted by Gasteiger charge is -2.22. The largest absolute Gasteiger partial charge is 0.359 e. The number of benzene rings is 1. The van der Waals surface area contributed by atoms with E-state index in [-0.39, 0.29) is 24.6 Å². The number of carbonyl (C=O) groups excluding carboxylic acids is 2. The van der Waals surface area contributed by atoms with Crippen molar-refractivity contribution in [3.05, 3.63) is 30.3 Å². The molecule has 1 aliphatic heterocycles. The summed E-state index contributed by atoms with van der Waals surface area (Å²) in [6.07, 6.45) is -0.848. The average Bonchev–Trinajstić information content (AvgIpc) is 3.09. The Morgan fingerprint density at radius 2 is 1.85 bits per heavy atom. The second kappa shape index (κ2) is 9.08. The molecule has 0 aliphatic carbocycles. The Labute approximate surface area is 153 Å². The van der Waals surface area contributed by atoms with Crippen LogP contribution in [0.15, 0.2) is 35.2 Å². The first-order valence-corrected chi connectivity index (χ1v) is 9.65. The van der Waals surface area contributed by atoms with Crippen LogP contribution in [-0.4, -0.2) is 82.5 Å². The third-order valence-electron chi connectivity index (χ3n) is 3.78. The molecule has 144 valence electrons. The van der Waals surface area contributed by atoms with E-state index in [2.05, 4.69) is 10.6 Å². The standard InChI is InChI=1S/C16H24N4O5S/c1-19(2)9-8-17-15(21)16(22)18-12-14-20(10-11-25-14)26(23,24)13-6-4-3-5-7-13/h3-7,14H,8-12H2,1-2H3,(H,17,21)(H,18,22)/t14-/m0/s1. The predicted molar refractivity (Wildman–Crippen MR) is 94.6 cm³/mol. The molecule has 0 radical (unpaired) electrons. The van der Waals surface area contributed by atoms with Crippen LogP contribution in [0.2, 0.25) is 0 Å². The van der Waals surface area contributed by atoms with Crippen LogP contribution in [0, 0.1) is 0 Å². The third-order valence-corrected chi connectivity index (χ3v) is 5.68. The Bertz CT molecular complexity index is 723. The lowest BCUT2D eigenvalue weighted by Crippen LogP contribution is -2.48. The SMILES string of the molecule is CN(C)CCNC(=O)C(=O)NC[C@@H]1OCCN1S(=O)(=O)c1ccccc1. The van der Waals surface area contributed by atoms with Gasteiger partial charge < -0.3 is 20.3 Å². The molecule has 10 heteroatoms. The molecule has 26 heavy (non-hydrogen) atoms. The smallest absolute Gasteiger partial charge is 0.309 e. The number of nitrogens with zero attached hydrogens (tertiary/aromatic N) is 2. The number of sulfonamides is 1. The molecule has 2 rings (SSSR count). The molecule has 0 spiro atoms. The zero-order chi connectivity index (χ0) is 19.2. The van der Waals surface area contributed by atoms with Crippen molar-refractivity contribution >= 4 is 21.8 Å². The molecule has 2 N–H and O–H groups in total. The molecule has 1 aromatic carbocycles. The van der Waals surface area contributed by atoms with E-state index < -0.39 is 28.1 Å². The Morgan fingerprint density at radius 1 is 1.19 bits per heavy atom. The molecule has 1 saturated heterocycles. The number of rotatable bonds is 7. The van der Waals surface area contributed by atoms with Crippen molar-refractivity contribution in [3.63, 3.8) is 0 Å². The minimum Gasteiger partial charge on any atom is -0.359 e. The van der Waals surface area contributed by atoms with Crippen LogP contribution in [0.3, 0.4) is 0 Å². The highest BCUT2D eigenvalue weighted by Gasteiger charge is 2.36. The normalized spacial score (nSPS) is 18.0. The van der Waals surface area contributed by atoms with E-state index in [1.807, 2.05) is 19.0 Å². The fraction of sp³-hybridized carbons (Fsp3) is 0.500. The molecule has 1 aromatic rings. The van der Waals surface area contributed by atoms with E-state index in [0.717, 1.165) is 0 Å². The van der Waals surface area contributed by atoms with Gasteiger partial charge >= 0.3 is 11.8 Å².